The summed E-state index contributed by atoms with van der Waals surface area (Å²) in [5.41, 5.74) is -0.203. The van der Waals surface area contributed by atoms with Gasteiger partial charge in [-0.15, -0.1) is 0 Å². The number of carbonyl (C=O) groups is 1. The molecule has 0 radical (unpaired) electrons. The molecule has 0 bridgehead atoms. The van der Waals surface area contributed by atoms with Gasteiger partial charge in [-0.3, -0.25) is 4.79 Å². The minimum atomic E-state index is -0.373. The Labute approximate surface area is 142 Å². The number of rotatable bonds is 6. The van der Waals surface area contributed by atoms with Crippen molar-refractivity contribution < 1.29 is 9.53 Å². The van der Waals surface area contributed by atoms with Crippen LogP contribution in [0.2, 0.25) is 0 Å². The van der Waals surface area contributed by atoms with Gasteiger partial charge < -0.3 is 20.3 Å². The lowest BCUT2D eigenvalue weighted by Gasteiger charge is -2.28. The lowest BCUT2D eigenvalue weighted by molar-refractivity contribution is -0.130. The number of nitrogens with one attached hydrogen (secondary N) is 2. The molecule has 4 rings (SSSR count). The van der Waals surface area contributed by atoms with Crippen LogP contribution in [0.25, 0.3) is 0 Å². The van der Waals surface area contributed by atoms with Crippen molar-refractivity contribution in [2.24, 2.45) is 16.7 Å². The number of methoxy groups -OCH3 is 1. The number of hydrogen-bond acceptors (Lipinski definition) is 6. The third-order valence-electron chi connectivity index (χ3n) is 5.85. The van der Waals surface area contributed by atoms with Crippen molar-refractivity contribution in [3.05, 3.63) is 18.5 Å². The monoisotopic (exact) mass is 331 g/mol. The van der Waals surface area contributed by atoms with Crippen LogP contribution in [-0.4, -0.2) is 62.3 Å². The molecule has 1 aromatic rings. The first-order valence-electron chi connectivity index (χ1n) is 8.67. The average Bonchev–Trinajstić information content (AvgIpc) is 3.08. The summed E-state index contributed by atoms with van der Waals surface area (Å²) in [4.78, 5) is 23.9. The Balaban J connectivity index is 1.45. The summed E-state index contributed by atoms with van der Waals surface area (Å²) in [6.45, 7) is 4.55. The second-order valence-electron chi connectivity index (χ2n) is 7.53. The summed E-state index contributed by atoms with van der Waals surface area (Å²) in [6.07, 6.45) is 5.78. The molecule has 7 nitrogen and oxygen atoms in total. The van der Waals surface area contributed by atoms with E-state index in [2.05, 4.69) is 25.5 Å². The van der Waals surface area contributed by atoms with Crippen LogP contribution in [0.5, 0.6) is 0 Å². The molecule has 1 aromatic heterocycles. The minimum absolute atomic E-state index is 0.165. The number of hydrogen-bond donors (Lipinski definition) is 2. The molecular weight excluding hydrogens is 306 g/mol. The van der Waals surface area contributed by atoms with E-state index >= 15 is 0 Å². The highest BCUT2D eigenvalue weighted by Crippen LogP contribution is 2.46. The lowest BCUT2D eigenvalue weighted by Crippen LogP contribution is -2.49. The predicted molar refractivity (Wildman–Crippen MR) is 89.6 cm³/mol. The van der Waals surface area contributed by atoms with Crippen LogP contribution in [0.4, 0.5) is 5.95 Å². The van der Waals surface area contributed by atoms with Gasteiger partial charge in [0, 0.05) is 63.6 Å². The van der Waals surface area contributed by atoms with Crippen LogP contribution in [0, 0.1) is 16.7 Å². The Bertz CT molecular complexity index is 606. The van der Waals surface area contributed by atoms with Crippen LogP contribution in [0.1, 0.15) is 12.8 Å². The first kappa shape index (κ1) is 15.8. The second kappa shape index (κ2) is 5.97. The fraction of sp³-hybridized carbons (Fsp3) is 0.706. The summed E-state index contributed by atoms with van der Waals surface area (Å²) in [5.74, 6) is 1.19. The van der Waals surface area contributed by atoms with Gasteiger partial charge in [-0.05, 0) is 18.9 Å². The summed E-state index contributed by atoms with van der Waals surface area (Å²) < 4.78 is 5.30. The van der Waals surface area contributed by atoms with Crippen LogP contribution >= 0.6 is 0 Å². The third-order valence-corrected chi connectivity index (χ3v) is 5.85. The van der Waals surface area contributed by atoms with Gasteiger partial charge in [0.15, 0.2) is 0 Å². The van der Waals surface area contributed by atoms with Crippen molar-refractivity contribution in [1.29, 1.82) is 0 Å². The van der Waals surface area contributed by atoms with Gasteiger partial charge in [0.05, 0.1) is 12.0 Å². The van der Waals surface area contributed by atoms with Crippen LogP contribution in [0.15, 0.2) is 18.5 Å². The molecule has 1 saturated carbocycles. The Morgan fingerprint density at radius 3 is 2.96 bits per heavy atom. The molecule has 1 amide bonds. The molecule has 2 saturated heterocycles. The van der Waals surface area contributed by atoms with Gasteiger partial charge in [0.2, 0.25) is 11.9 Å². The van der Waals surface area contributed by atoms with Crippen molar-refractivity contribution in [2.75, 3.05) is 51.3 Å². The third kappa shape index (κ3) is 2.65. The number of fused-ring (bicyclic) bond motifs is 1. The van der Waals surface area contributed by atoms with E-state index in [-0.39, 0.29) is 16.7 Å². The van der Waals surface area contributed by atoms with Gasteiger partial charge >= 0.3 is 0 Å². The van der Waals surface area contributed by atoms with E-state index in [9.17, 15) is 4.79 Å². The number of ether oxygens (including phenoxy) is 1. The molecule has 0 unspecified atom stereocenters. The Hall–Kier alpha value is -1.73. The van der Waals surface area contributed by atoms with Crippen molar-refractivity contribution in [2.45, 2.75) is 12.8 Å². The number of nitrogens with zero attached hydrogens (tertiary/aromatic N) is 3. The molecule has 2 N–H and O–H groups in total. The molecule has 1 aliphatic carbocycles. The predicted octanol–water partition coefficient (Wildman–Crippen LogP) is 0.0452. The van der Waals surface area contributed by atoms with E-state index in [1.165, 1.54) is 0 Å². The maximum atomic E-state index is 13.0. The van der Waals surface area contributed by atoms with Crippen molar-refractivity contribution in [3.63, 3.8) is 0 Å². The first-order chi connectivity index (χ1) is 11.7. The first-order valence-corrected chi connectivity index (χ1v) is 8.67. The average molecular weight is 331 g/mol. The highest BCUT2D eigenvalue weighted by atomic mass is 16.5. The Morgan fingerprint density at radius 2 is 2.25 bits per heavy atom. The minimum Gasteiger partial charge on any atom is -0.384 e. The molecule has 2 aliphatic heterocycles. The molecule has 3 fully saturated rings. The maximum Gasteiger partial charge on any atom is 0.229 e. The fourth-order valence-electron chi connectivity index (χ4n) is 4.15. The quantitative estimate of drug-likeness (QED) is 0.767. The van der Waals surface area contributed by atoms with E-state index in [1.54, 1.807) is 19.5 Å². The summed E-state index contributed by atoms with van der Waals surface area (Å²) in [5, 5.41) is 6.62. The van der Waals surface area contributed by atoms with E-state index < -0.39 is 0 Å². The van der Waals surface area contributed by atoms with Crippen molar-refractivity contribution in [1.82, 2.24) is 20.6 Å². The number of anilines is 1. The molecule has 0 spiro atoms. The fourth-order valence-corrected chi connectivity index (χ4v) is 4.15. The van der Waals surface area contributed by atoms with Gasteiger partial charge in [0.1, 0.15) is 0 Å². The number of carbonyl (C=O) groups excluding carboxylic acids is 1. The number of aromatic nitrogens is 2. The van der Waals surface area contributed by atoms with Gasteiger partial charge in [-0.1, -0.05) is 0 Å². The van der Waals surface area contributed by atoms with Gasteiger partial charge in [-0.25, -0.2) is 9.97 Å². The smallest absolute Gasteiger partial charge is 0.229 e. The molecule has 3 heterocycles. The Morgan fingerprint density at radius 1 is 1.46 bits per heavy atom. The van der Waals surface area contributed by atoms with Crippen LogP contribution in [0.3, 0.4) is 0 Å². The zero-order chi connectivity index (χ0) is 16.6. The zero-order valence-electron chi connectivity index (χ0n) is 14.1. The maximum absolute atomic E-state index is 13.0. The van der Waals surface area contributed by atoms with E-state index in [4.69, 9.17) is 4.74 Å². The topological polar surface area (TPSA) is 79.4 Å². The van der Waals surface area contributed by atoms with E-state index in [0.717, 1.165) is 51.6 Å². The normalized spacial score (nSPS) is 30.2. The van der Waals surface area contributed by atoms with Crippen molar-refractivity contribution in [3.8, 4) is 0 Å². The summed E-state index contributed by atoms with van der Waals surface area (Å²) in [7, 11) is 1.73. The summed E-state index contributed by atoms with van der Waals surface area (Å²) in [6, 6.07) is 1.81. The highest BCUT2D eigenvalue weighted by Gasteiger charge is 2.56. The van der Waals surface area contributed by atoms with Gasteiger partial charge in [0.25, 0.3) is 0 Å². The second-order valence-corrected chi connectivity index (χ2v) is 7.53. The molecule has 130 valence electrons. The van der Waals surface area contributed by atoms with Crippen molar-refractivity contribution >= 4 is 11.9 Å². The molecule has 0 aromatic carbocycles. The van der Waals surface area contributed by atoms with Crippen LogP contribution < -0.4 is 15.5 Å². The SMILES string of the molecule is COCC1(CNC(=O)[C@@]23CNC[C@@H]2CN(c2ncccn2)C3)CC1. The molecule has 3 aliphatic rings. The zero-order valence-corrected chi connectivity index (χ0v) is 14.1. The lowest BCUT2D eigenvalue weighted by atomic mass is 9.80. The Kier molecular flexibility index (Phi) is 3.92. The van der Waals surface area contributed by atoms with Crippen LogP contribution in [-0.2, 0) is 9.53 Å². The highest BCUT2D eigenvalue weighted by molar-refractivity contribution is 5.85. The standard InChI is InChI=1S/C17H25N5O2/c1-24-12-16(3-4-16)9-21-14(23)17-10-18-7-13(17)8-22(11-17)15-19-5-2-6-20-15/h2,5-6,13,18H,3-4,7-12H2,1H3,(H,21,23)/t13-,17-/m1/s1. The molecule has 2 atom stereocenters. The molecule has 7 heteroatoms. The largest absolute Gasteiger partial charge is 0.384 e. The van der Waals surface area contributed by atoms with E-state index in [1.807, 2.05) is 6.07 Å². The van der Waals surface area contributed by atoms with Gasteiger partial charge in [-0.2, -0.15) is 0 Å². The molecule has 24 heavy (non-hydrogen) atoms. The number of amides is 1. The summed E-state index contributed by atoms with van der Waals surface area (Å²) >= 11 is 0. The molecular formula is C17H25N5O2. The van der Waals surface area contributed by atoms with E-state index in [0.29, 0.717) is 12.5 Å².